The first kappa shape index (κ1) is 21.7. The molecule has 0 heterocycles. The molecule has 0 aliphatic carbocycles. The molecule has 136 valence electrons. The number of nitrogens with one attached hydrogen (secondary N) is 2. The van der Waals surface area contributed by atoms with Crippen LogP contribution in [0.2, 0.25) is 0 Å². The number of hydrogen-bond acceptors (Lipinski definition) is 7. The summed E-state index contributed by atoms with van der Waals surface area (Å²) in [7, 11) is 0. The van der Waals surface area contributed by atoms with E-state index >= 15 is 0 Å². The summed E-state index contributed by atoms with van der Waals surface area (Å²) in [5.41, 5.74) is 5.40. The average molecular weight is 365 g/mol. The van der Waals surface area contributed by atoms with E-state index in [4.69, 9.17) is 21.1 Å². The quantitative estimate of drug-likeness (QED) is 0.196. The second-order valence-electron chi connectivity index (χ2n) is 4.78. The van der Waals surface area contributed by atoms with E-state index in [1.54, 1.807) is 0 Å². The highest BCUT2D eigenvalue weighted by Gasteiger charge is 2.29. The zero-order valence-corrected chi connectivity index (χ0v) is 13.4. The second-order valence-corrected chi connectivity index (χ2v) is 5.15. The van der Waals surface area contributed by atoms with Gasteiger partial charge in [-0.2, -0.15) is 12.6 Å². The number of amides is 2. The Morgan fingerprint density at radius 3 is 1.88 bits per heavy atom. The predicted molar refractivity (Wildman–Crippen MR) is 82.4 cm³/mol. The monoisotopic (exact) mass is 365 g/mol. The summed E-state index contributed by atoms with van der Waals surface area (Å²) in [6.45, 7) is 0. The zero-order valence-electron chi connectivity index (χ0n) is 12.5. The van der Waals surface area contributed by atoms with E-state index in [0.29, 0.717) is 0 Å². The van der Waals surface area contributed by atoms with Crippen LogP contribution in [0.1, 0.15) is 19.3 Å². The molecular weight excluding hydrogens is 346 g/mol. The third-order valence-corrected chi connectivity index (χ3v) is 3.20. The molecule has 0 rings (SSSR count). The van der Waals surface area contributed by atoms with Gasteiger partial charge < -0.3 is 31.7 Å². The van der Waals surface area contributed by atoms with Crippen LogP contribution in [0.15, 0.2) is 0 Å². The Labute approximate surface area is 142 Å². The standard InChI is InChI=1S/C12H19N3O8S/c13-5(4-24)10(20)15-7(3-9(18)19)11(21)14-6(12(22)23)1-2-8(16)17/h5-7,24H,1-4,13H2,(H,14,21)(H,15,20)(H,16,17)(H,18,19)(H,22,23). The van der Waals surface area contributed by atoms with Crippen molar-refractivity contribution >= 4 is 42.4 Å². The van der Waals surface area contributed by atoms with Gasteiger partial charge in [0.25, 0.3) is 0 Å². The van der Waals surface area contributed by atoms with Crippen LogP contribution in [0, 0.1) is 0 Å². The van der Waals surface area contributed by atoms with Crippen molar-refractivity contribution in [3.8, 4) is 0 Å². The molecule has 0 aromatic heterocycles. The van der Waals surface area contributed by atoms with Crippen LogP contribution in [0.4, 0.5) is 0 Å². The fraction of sp³-hybridized carbons (Fsp3) is 0.583. The third kappa shape index (κ3) is 8.33. The van der Waals surface area contributed by atoms with Crippen LogP contribution >= 0.6 is 12.6 Å². The molecule has 0 spiro atoms. The Morgan fingerprint density at radius 1 is 0.917 bits per heavy atom. The van der Waals surface area contributed by atoms with Gasteiger partial charge in [-0.25, -0.2) is 4.79 Å². The van der Waals surface area contributed by atoms with Gasteiger partial charge in [0.15, 0.2) is 0 Å². The van der Waals surface area contributed by atoms with Crippen molar-refractivity contribution in [3.05, 3.63) is 0 Å². The molecule has 0 radical (unpaired) electrons. The number of carboxylic acids is 3. The minimum Gasteiger partial charge on any atom is -0.481 e. The summed E-state index contributed by atoms with van der Waals surface area (Å²) >= 11 is 3.79. The number of nitrogens with two attached hydrogens (primary N) is 1. The zero-order chi connectivity index (χ0) is 18.9. The molecule has 0 bridgehead atoms. The predicted octanol–water partition coefficient (Wildman–Crippen LogP) is -2.36. The van der Waals surface area contributed by atoms with Crippen molar-refractivity contribution in [2.24, 2.45) is 5.73 Å². The number of carbonyl (C=O) groups is 5. The van der Waals surface area contributed by atoms with Gasteiger partial charge in [-0.3, -0.25) is 19.2 Å². The highest BCUT2D eigenvalue weighted by atomic mass is 32.1. The van der Waals surface area contributed by atoms with Crippen molar-refractivity contribution in [3.63, 3.8) is 0 Å². The number of aliphatic carboxylic acids is 3. The lowest BCUT2D eigenvalue weighted by atomic mass is 10.1. The summed E-state index contributed by atoms with van der Waals surface area (Å²) in [6, 6.07) is -4.19. The number of hydrogen-bond donors (Lipinski definition) is 7. The molecule has 3 atom stereocenters. The number of carboxylic acid groups (broad SMARTS) is 3. The Balaban J connectivity index is 5.00. The Morgan fingerprint density at radius 2 is 1.46 bits per heavy atom. The lowest BCUT2D eigenvalue weighted by Gasteiger charge is -2.21. The van der Waals surface area contributed by atoms with Crippen molar-refractivity contribution in [1.29, 1.82) is 0 Å². The van der Waals surface area contributed by atoms with E-state index in [2.05, 4.69) is 17.9 Å². The number of thiol groups is 1. The van der Waals surface area contributed by atoms with Gasteiger partial charge in [0.2, 0.25) is 11.8 Å². The van der Waals surface area contributed by atoms with E-state index in [0.717, 1.165) is 0 Å². The normalized spacial score (nSPS) is 14.1. The first-order chi connectivity index (χ1) is 11.1. The largest absolute Gasteiger partial charge is 0.481 e. The minimum atomic E-state index is -1.56. The van der Waals surface area contributed by atoms with Gasteiger partial charge in [0, 0.05) is 12.2 Å². The fourth-order valence-electron chi connectivity index (χ4n) is 1.54. The first-order valence-corrected chi connectivity index (χ1v) is 7.35. The van der Waals surface area contributed by atoms with Crippen LogP contribution < -0.4 is 16.4 Å². The summed E-state index contributed by atoms with van der Waals surface area (Å²) in [6.07, 6.45) is -1.72. The van der Waals surface area contributed by atoms with Gasteiger partial charge in [-0.05, 0) is 6.42 Å². The van der Waals surface area contributed by atoms with E-state index in [9.17, 15) is 24.0 Å². The van der Waals surface area contributed by atoms with Crippen LogP contribution in [-0.2, 0) is 24.0 Å². The van der Waals surface area contributed by atoms with E-state index in [-0.39, 0.29) is 5.75 Å². The third-order valence-electron chi connectivity index (χ3n) is 2.81. The van der Waals surface area contributed by atoms with Gasteiger partial charge in [0.05, 0.1) is 12.5 Å². The van der Waals surface area contributed by atoms with Gasteiger partial charge >= 0.3 is 17.9 Å². The molecule has 0 aliphatic heterocycles. The van der Waals surface area contributed by atoms with Crippen molar-refractivity contribution in [2.45, 2.75) is 37.4 Å². The van der Waals surface area contributed by atoms with Crippen LogP contribution in [0.3, 0.4) is 0 Å². The van der Waals surface area contributed by atoms with Gasteiger partial charge in [-0.1, -0.05) is 0 Å². The molecule has 0 aromatic rings. The highest BCUT2D eigenvalue weighted by molar-refractivity contribution is 7.80. The van der Waals surface area contributed by atoms with Crippen LogP contribution in [-0.4, -0.2) is 68.9 Å². The summed E-state index contributed by atoms with van der Waals surface area (Å²) in [5, 5.41) is 30.4. The SMILES string of the molecule is NC(CS)C(=O)NC(CC(=O)O)C(=O)NC(CCC(=O)O)C(=O)O. The molecule has 0 aromatic carbocycles. The van der Waals surface area contributed by atoms with Crippen molar-refractivity contribution < 1.29 is 39.3 Å². The maximum Gasteiger partial charge on any atom is 0.326 e. The molecule has 3 unspecified atom stereocenters. The molecule has 2 amide bonds. The Hall–Kier alpha value is -2.34. The molecule has 0 saturated carbocycles. The van der Waals surface area contributed by atoms with Gasteiger partial charge in [-0.15, -0.1) is 0 Å². The lowest BCUT2D eigenvalue weighted by Crippen LogP contribution is -2.55. The molecule has 0 saturated heterocycles. The summed E-state index contributed by atoms with van der Waals surface area (Å²) < 4.78 is 0. The molecule has 0 aliphatic rings. The molecule has 11 nitrogen and oxygen atoms in total. The summed E-state index contributed by atoms with van der Waals surface area (Å²) in [4.78, 5) is 56.0. The molecule has 0 fully saturated rings. The average Bonchev–Trinajstić information content (AvgIpc) is 2.48. The van der Waals surface area contributed by atoms with Crippen molar-refractivity contribution in [2.75, 3.05) is 5.75 Å². The first-order valence-electron chi connectivity index (χ1n) is 6.72. The van der Waals surface area contributed by atoms with E-state index in [1.165, 1.54) is 0 Å². The maximum absolute atomic E-state index is 12.0. The number of carbonyl (C=O) groups excluding carboxylic acids is 2. The lowest BCUT2D eigenvalue weighted by molar-refractivity contribution is -0.144. The van der Waals surface area contributed by atoms with Crippen LogP contribution in [0.25, 0.3) is 0 Å². The smallest absolute Gasteiger partial charge is 0.326 e. The van der Waals surface area contributed by atoms with Crippen LogP contribution in [0.5, 0.6) is 0 Å². The number of rotatable bonds is 11. The molecular formula is C12H19N3O8S. The Bertz CT molecular complexity index is 513. The minimum absolute atomic E-state index is 0.0520. The maximum atomic E-state index is 12.0. The summed E-state index contributed by atoms with van der Waals surface area (Å²) in [5.74, 6) is -6.11. The highest BCUT2D eigenvalue weighted by Crippen LogP contribution is 2.01. The topological polar surface area (TPSA) is 196 Å². The van der Waals surface area contributed by atoms with E-state index < -0.39 is 67.1 Å². The molecule has 12 heteroatoms. The van der Waals surface area contributed by atoms with Gasteiger partial charge in [0.1, 0.15) is 12.1 Å². The van der Waals surface area contributed by atoms with E-state index in [1.807, 2.05) is 5.32 Å². The fourth-order valence-corrected chi connectivity index (χ4v) is 1.71. The molecule has 24 heavy (non-hydrogen) atoms. The second kappa shape index (κ2) is 10.4. The molecule has 7 N–H and O–H groups in total. The Kier molecular flexibility index (Phi) is 9.42. The van der Waals surface area contributed by atoms with Crippen molar-refractivity contribution in [1.82, 2.24) is 10.6 Å².